The molecule has 0 spiro atoms. The zero-order valence-electron chi connectivity index (χ0n) is 13.6. The average Bonchev–Trinajstić information content (AvgIpc) is 2.48. The van der Waals surface area contributed by atoms with Gasteiger partial charge < -0.3 is 10.6 Å². The van der Waals surface area contributed by atoms with Crippen LogP contribution in [0.4, 0.5) is 11.4 Å². The second-order valence-electron chi connectivity index (χ2n) is 5.56. The number of carbonyl (C=O) groups is 1. The lowest BCUT2D eigenvalue weighted by Crippen LogP contribution is -2.17. The Hall–Kier alpha value is -2.29. The molecule has 3 heteroatoms. The number of hydrogen-bond donors (Lipinski definition) is 2. The van der Waals surface area contributed by atoms with Crippen LogP contribution in [-0.4, -0.2) is 12.5 Å². The molecule has 0 aromatic heterocycles. The van der Waals surface area contributed by atoms with Gasteiger partial charge in [0.25, 0.3) is 0 Å². The van der Waals surface area contributed by atoms with Gasteiger partial charge in [0.2, 0.25) is 5.91 Å². The van der Waals surface area contributed by atoms with Gasteiger partial charge in [-0.05, 0) is 49.1 Å². The fourth-order valence-electron chi connectivity index (χ4n) is 2.52. The third-order valence-corrected chi connectivity index (χ3v) is 3.70. The first-order chi connectivity index (χ1) is 10.6. The van der Waals surface area contributed by atoms with Gasteiger partial charge in [0, 0.05) is 24.3 Å². The molecular formula is C19H24N2O. The maximum absolute atomic E-state index is 12.0. The topological polar surface area (TPSA) is 41.1 Å². The SMILES string of the molecule is CCc1cccc(C)c1NCCC(=O)Nc1cccc(C)c1. The summed E-state index contributed by atoms with van der Waals surface area (Å²) in [5, 5.41) is 6.33. The normalized spacial score (nSPS) is 10.3. The van der Waals surface area contributed by atoms with E-state index in [4.69, 9.17) is 0 Å². The zero-order chi connectivity index (χ0) is 15.9. The van der Waals surface area contributed by atoms with Gasteiger partial charge in [-0.25, -0.2) is 0 Å². The molecule has 0 aliphatic rings. The van der Waals surface area contributed by atoms with Crippen molar-refractivity contribution in [2.45, 2.75) is 33.6 Å². The second kappa shape index (κ2) is 7.64. The Morgan fingerprint density at radius 3 is 2.59 bits per heavy atom. The van der Waals surface area contributed by atoms with Crippen molar-refractivity contribution in [3.63, 3.8) is 0 Å². The molecule has 0 bridgehead atoms. The fourth-order valence-corrected chi connectivity index (χ4v) is 2.52. The van der Waals surface area contributed by atoms with E-state index >= 15 is 0 Å². The van der Waals surface area contributed by atoms with Crippen LogP contribution in [0.25, 0.3) is 0 Å². The summed E-state index contributed by atoms with van der Waals surface area (Å²) in [6.07, 6.45) is 1.44. The summed E-state index contributed by atoms with van der Waals surface area (Å²) in [5.41, 5.74) is 5.67. The Kier molecular flexibility index (Phi) is 5.59. The van der Waals surface area contributed by atoms with Gasteiger partial charge in [0.15, 0.2) is 0 Å². The molecular weight excluding hydrogens is 272 g/mol. The third kappa shape index (κ3) is 4.35. The van der Waals surface area contributed by atoms with Crippen molar-refractivity contribution < 1.29 is 4.79 Å². The first kappa shape index (κ1) is 16.1. The summed E-state index contributed by atoms with van der Waals surface area (Å²) < 4.78 is 0. The predicted molar refractivity (Wildman–Crippen MR) is 93.5 cm³/mol. The van der Waals surface area contributed by atoms with E-state index in [-0.39, 0.29) is 5.91 Å². The lowest BCUT2D eigenvalue weighted by atomic mass is 10.1. The molecule has 3 nitrogen and oxygen atoms in total. The Morgan fingerprint density at radius 2 is 1.86 bits per heavy atom. The predicted octanol–water partition coefficient (Wildman–Crippen LogP) is 4.31. The number of carbonyl (C=O) groups excluding carboxylic acids is 1. The minimum absolute atomic E-state index is 0.0322. The molecule has 0 unspecified atom stereocenters. The number of hydrogen-bond acceptors (Lipinski definition) is 2. The van der Waals surface area contributed by atoms with Crippen LogP contribution in [0.1, 0.15) is 30.0 Å². The van der Waals surface area contributed by atoms with Crippen molar-refractivity contribution >= 4 is 17.3 Å². The highest BCUT2D eigenvalue weighted by molar-refractivity contribution is 5.91. The number of para-hydroxylation sites is 1. The van der Waals surface area contributed by atoms with E-state index in [2.05, 4.69) is 42.7 Å². The highest BCUT2D eigenvalue weighted by atomic mass is 16.1. The van der Waals surface area contributed by atoms with Crippen LogP contribution in [0.15, 0.2) is 42.5 Å². The van der Waals surface area contributed by atoms with E-state index in [1.54, 1.807) is 0 Å². The molecule has 2 N–H and O–H groups in total. The summed E-state index contributed by atoms with van der Waals surface area (Å²) in [7, 11) is 0. The molecule has 2 aromatic rings. The molecule has 0 atom stereocenters. The van der Waals surface area contributed by atoms with Crippen molar-refractivity contribution in [2.75, 3.05) is 17.2 Å². The molecule has 0 heterocycles. The van der Waals surface area contributed by atoms with Gasteiger partial charge in [0.05, 0.1) is 0 Å². The standard InChI is InChI=1S/C19H24N2O/c1-4-16-9-6-8-15(3)19(16)20-12-11-18(22)21-17-10-5-7-14(2)13-17/h5-10,13,20H,4,11-12H2,1-3H3,(H,21,22). The fraction of sp³-hybridized carbons (Fsp3) is 0.316. The van der Waals surface area contributed by atoms with Gasteiger partial charge in [0.1, 0.15) is 0 Å². The smallest absolute Gasteiger partial charge is 0.226 e. The summed E-state index contributed by atoms with van der Waals surface area (Å²) >= 11 is 0. The Balaban J connectivity index is 1.87. The van der Waals surface area contributed by atoms with Crippen molar-refractivity contribution in [1.82, 2.24) is 0 Å². The lowest BCUT2D eigenvalue weighted by Gasteiger charge is -2.14. The van der Waals surface area contributed by atoms with Crippen molar-refractivity contribution in [3.8, 4) is 0 Å². The summed E-state index contributed by atoms with van der Waals surface area (Å²) in [6.45, 7) is 6.88. The van der Waals surface area contributed by atoms with Gasteiger partial charge in [-0.15, -0.1) is 0 Å². The molecule has 0 saturated heterocycles. The largest absolute Gasteiger partial charge is 0.384 e. The van der Waals surface area contributed by atoms with Crippen LogP contribution < -0.4 is 10.6 Å². The van der Waals surface area contributed by atoms with Gasteiger partial charge in [-0.2, -0.15) is 0 Å². The van der Waals surface area contributed by atoms with Gasteiger partial charge >= 0.3 is 0 Å². The van der Waals surface area contributed by atoms with Crippen molar-refractivity contribution in [3.05, 3.63) is 59.2 Å². The maximum atomic E-state index is 12.0. The quantitative estimate of drug-likeness (QED) is 0.834. The monoisotopic (exact) mass is 296 g/mol. The molecule has 1 amide bonds. The summed E-state index contributed by atoms with van der Waals surface area (Å²) in [4.78, 5) is 12.0. The van der Waals surface area contributed by atoms with Crippen molar-refractivity contribution in [2.24, 2.45) is 0 Å². The van der Waals surface area contributed by atoms with E-state index < -0.39 is 0 Å². The number of anilines is 2. The Labute approximate surface area is 132 Å². The van der Waals surface area contributed by atoms with Crippen LogP contribution in [-0.2, 0) is 11.2 Å². The molecule has 0 saturated carbocycles. The average molecular weight is 296 g/mol. The third-order valence-electron chi connectivity index (χ3n) is 3.70. The van der Waals surface area contributed by atoms with Gasteiger partial charge in [-0.1, -0.05) is 37.3 Å². The van der Waals surface area contributed by atoms with Crippen LogP contribution in [0, 0.1) is 13.8 Å². The van der Waals surface area contributed by atoms with Crippen LogP contribution >= 0.6 is 0 Å². The molecule has 0 aliphatic carbocycles. The summed E-state index contributed by atoms with van der Waals surface area (Å²) in [6, 6.07) is 14.1. The first-order valence-corrected chi connectivity index (χ1v) is 7.79. The van der Waals surface area contributed by atoms with Crippen LogP contribution in [0.5, 0.6) is 0 Å². The number of nitrogens with one attached hydrogen (secondary N) is 2. The molecule has 22 heavy (non-hydrogen) atoms. The van der Waals surface area contributed by atoms with Crippen molar-refractivity contribution in [1.29, 1.82) is 0 Å². The zero-order valence-corrected chi connectivity index (χ0v) is 13.6. The number of amides is 1. The molecule has 2 aromatic carbocycles. The molecule has 0 radical (unpaired) electrons. The van der Waals surface area contributed by atoms with E-state index in [1.165, 1.54) is 11.1 Å². The first-order valence-electron chi connectivity index (χ1n) is 7.79. The molecule has 0 fully saturated rings. The van der Waals surface area contributed by atoms with E-state index in [0.717, 1.165) is 23.4 Å². The molecule has 116 valence electrons. The summed E-state index contributed by atoms with van der Waals surface area (Å²) in [5.74, 6) is 0.0322. The lowest BCUT2D eigenvalue weighted by molar-refractivity contribution is -0.115. The number of rotatable bonds is 6. The Bertz CT molecular complexity index is 650. The second-order valence-corrected chi connectivity index (χ2v) is 5.56. The maximum Gasteiger partial charge on any atom is 0.226 e. The molecule has 0 aliphatic heterocycles. The highest BCUT2D eigenvalue weighted by Crippen LogP contribution is 2.20. The highest BCUT2D eigenvalue weighted by Gasteiger charge is 2.06. The van der Waals surface area contributed by atoms with E-state index in [9.17, 15) is 4.79 Å². The molecule has 2 rings (SSSR count). The van der Waals surface area contributed by atoms with Crippen LogP contribution in [0.2, 0.25) is 0 Å². The van der Waals surface area contributed by atoms with E-state index in [0.29, 0.717) is 13.0 Å². The van der Waals surface area contributed by atoms with Crippen LogP contribution in [0.3, 0.4) is 0 Å². The number of benzene rings is 2. The number of aryl methyl sites for hydroxylation is 3. The Morgan fingerprint density at radius 1 is 1.09 bits per heavy atom. The minimum atomic E-state index is 0.0322. The van der Waals surface area contributed by atoms with E-state index in [1.807, 2.05) is 31.2 Å². The minimum Gasteiger partial charge on any atom is -0.384 e. The van der Waals surface area contributed by atoms with Gasteiger partial charge in [-0.3, -0.25) is 4.79 Å².